The number of aromatic nitrogens is 3. The molecule has 0 spiro atoms. The molecule has 1 heterocycles. The SMILES string of the molecule is CN(C)CCN(Cc1ccccc1)C(=O)Cn1nnc2ccccc21. The van der Waals surface area contributed by atoms with Crippen LogP contribution in [0.1, 0.15) is 5.56 Å². The highest BCUT2D eigenvalue weighted by Gasteiger charge is 2.16. The maximum absolute atomic E-state index is 12.9. The number of rotatable bonds is 7. The molecule has 25 heavy (non-hydrogen) atoms. The number of amides is 1. The van der Waals surface area contributed by atoms with Crippen molar-refractivity contribution in [3.05, 3.63) is 60.2 Å². The number of nitrogens with zero attached hydrogens (tertiary/aromatic N) is 5. The summed E-state index contributed by atoms with van der Waals surface area (Å²) in [7, 11) is 4.02. The largest absolute Gasteiger partial charge is 0.335 e. The van der Waals surface area contributed by atoms with Crippen LogP contribution in [0, 0.1) is 0 Å². The van der Waals surface area contributed by atoms with E-state index in [-0.39, 0.29) is 12.5 Å². The van der Waals surface area contributed by atoms with Gasteiger partial charge in [0, 0.05) is 19.6 Å². The highest BCUT2D eigenvalue weighted by Crippen LogP contribution is 2.11. The second-order valence-electron chi connectivity index (χ2n) is 6.34. The van der Waals surface area contributed by atoms with Crippen LogP contribution in [0.15, 0.2) is 54.6 Å². The van der Waals surface area contributed by atoms with Crippen molar-refractivity contribution in [1.82, 2.24) is 24.8 Å². The van der Waals surface area contributed by atoms with Gasteiger partial charge in [0.1, 0.15) is 12.1 Å². The molecule has 0 aliphatic carbocycles. The van der Waals surface area contributed by atoms with Crippen LogP contribution in [0.25, 0.3) is 11.0 Å². The molecule has 0 saturated carbocycles. The third kappa shape index (κ3) is 4.42. The van der Waals surface area contributed by atoms with Gasteiger partial charge in [-0.1, -0.05) is 47.7 Å². The van der Waals surface area contributed by atoms with E-state index in [1.54, 1.807) is 4.68 Å². The quantitative estimate of drug-likeness (QED) is 0.662. The van der Waals surface area contributed by atoms with E-state index in [4.69, 9.17) is 0 Å². The molecule has 0 aliphatic rings. The summed E-state index contributed by atoms with van der Waals surface area (Å²) in [6.45, 7) is 2.28. The maximum Gasteiger partial charge on any atom is 0.244 e. The number of hydrogen-bond acceptors (Lipinski definition) is 4. The van der Waals surface area contributed by atoms with Crippen LogP contribution < -0.4 is 0 Å². The molecule has 6 nitrogen and oxygen atoms in total. The van der Waals surface area contributed by atoms with Gasteiger partial charge >= 0.3 is 0 Å². The topological polar surface area (TPSA) is 54.3 Å². The first-order chi connectivity index (χ1) is 12.1. The zero-order chi connectivity index (χ0) is 17.6. The molecule has 1 amide bonds. The molecular weight excluding hydrogens is 314 g/mol. The molecule has 0 fully saturated rings. The molecule has 0 atom stereocenters. The van der Waals surface area contributed by atoms with Gasteiger partial charge in [-0.05, 0) is 31.8 Å². The molecule has 0 aliphatic heterocycles. The standard InChI is InChI=1S/C19H23N5O/c1-22(2)12-13-23(14-16-8-4-3-5-9-16)19(25)15-24-18-11-7-6-10-17(18)20-21-24/h3-11H,12-15H2,1-2H3. The lowest BCUT2D eigenvalue weighted by Gasteiger charge is -2.24. The summed E-state index contributed by atoms with van der Waals surface area (Å²) in [4.78, 5) is 16.9. The summed E-state index contributed by atoms with van der Waals surface area (Å²) in [5, 5.41) is 8.25. The Bertz CT molecular complexity index is 828. The summed E-state index contributed by atoms with van der Waals surface area (Å²) in [5.41, 5.74) is 2.80. The van der Waals surface area contributed by atoms with Crippen molar-refractivity contribution in [3.8, 4) is 0 Å². The second kappa shape index (κ2) is 7.90. The van der Waals surface area contributed by atoms with Gasteiger partial charge in [-0.3, -0.25) is 4.79 Å². The van der Waals surface area contributed by atoms with E-state index in [9.17, 15) is 4.79 Å². The van der Waals surface area contributed by atoms with Gasteiger partial charge in [0.25, 0.3) is 0 Å². The van der Waals surface area contributed by atoms with E-state index < -0.39 is 0 Å². The Morgan fingerprint density at radius 2 is 1.72 bits per heavy atom. The minimum atomic E-state index is 0.0429. The Balaban J connectivity index is 1.75. The van der Waals surface area contributed by atoms with Crippen LogP contribution in [-0.4, -0.2) is 57.9 Å². The van der Waals surface area contributed by atoms with Crippen molar-refractivity contribution in [2.24, 2.45) is 0 Å². The molecule has 0 radical (unpaired) electrons. The van der Waals surface area contributed by atoms with Gasteiger partial charge in [0.05, 0.1) is 5.52 Å². The molecule has 130 valence electrons. The molecule has 0 unspecified atom stereocenters. The summed E-state index contributed by atoms with van der Waals surface area (Å²) < 4.78 is 1.67. The number of carbonyl (C=O) groups is 1. The van der Waals surface area contributed by atoms with Crippen molar-refractivity contribution >= 4 is 16.9 Å². The highest BCUT2D eigenvalue weighted by atomic mass is 16.2. The molecule has 3 rings (SSSR count). The van der Waals surface area contributed by atoms with Crippen LogP contribution in [0.4, 0.5) is 0 Å². The van der Waals surface area contributed by atoms with Crippen LogP contribution in [-0.2, 0) is 17.9 Å². The normalized spacial score (nSPS) is 11.2. The van der Waals surface area contributed by atoms with E-state index in [1.807, 2.05) is 73.6 Å². The number of para-hydroxylation sites is 1. The highest BCUT2D eigenvalue weighted by molar-refractivity contribution is 5.79. The van der Waals surface area contributed by atoms with Gasteiger partial charge in [-0.2, -0.15) is 0 Å². The van der Waals surface area contributed by atoms with Gasteiger partial charge in [0.15, 0.2) is 0 Å². The summed E-state index contributed by atoms with van der Waals surface area (Å²) in [6.07, 6.45) is 0. The Labute approximate surface area is 147 Å². The molecule has 6 heteroatoms. The molecule has 0 bridgehead atoms. The second-order valence-corrected chi connectivity index (χ2v) is 6.34. The lowest BCUT2D eigenvalue weighted by molar-refractivity contribution is -0.132. The van der Waals surface area contributed by atoms with Crippen molar-refractivity contribution < 1.29 is 4.79 Å². The number of hydrogen-bond donors (Lipinski definition) is 0. The molecular formula is C19H23N5O. The van der Waals surface area contributed by atoms with Crippen molar-refractivity contribution in [3.63, 3.8) is 0 Å². The minimum absolute atomic E-state index is 0.0429. The van der Waals surface area contributed by atoms with Crippen molar-refractivity contribution in [2.75, 3.05) is 27.2 Å². The smallest absolute Gasteiger partial charge is 0.244 e. The molecule has 2 aromatic carbocycles. The molecule has 1 aromatic heterocycles. The first-order valence-corrected chi connectivity index (χ1v) is 8.38. The fourth-order valence-electron chi connectivity index (χ4n) is 2.68. The number of carbonyl (C=O) groups excluding carboxylic acids is 1. The van der Waals surface area contributed by atoms with Crippen LogP contribution in [0.3, 0.4) is 0 Å². The Morgan fingerprint density at radius 3 is 2.48 bits per heavy atom. The Morgan fingerprint density at radius 1 is 1.00 bits per heavy atom. The van der Waals surface area contributed by atoms with Gasteiger partial charge < -0.3 is 9.80 Å². The van der Waals surface area contributed by atoms with E-state index >= 15 is 0 Å². The van der Waals surface area contributed by atoms with E-state index in [2.05, 4.69) is 15.2 Å². The first kappa shape index (κ1) is 17.1. The van der Waals surface area contributed by atoms with Crippen molar-refractivity contribution in [1.29, 1.82) is 0 Å². The monoisotopic (exact) mass is 337 g/mol. The summed E-state index contributed by atoms with van der Waals surface area (Å²) in [5.74, 6) is 0.0429. The van der Waals surface area contributed by atoms with Gasteiger partial charge in [0.2, 0.25) is 5.91 Å². The van der Waals surface area contributed by atoms with E-state index in [0.29, 0.717) is 13.1 Å². The first-order valence-electron chi connectivity index (χ1n) is 8.38. The van der Waals surface area contributed by atoms with E-state index in [1.165, 1.54) is 0 Å². The maximum atomic E-state index is 12.9. The molecule has 3 aromatic rings. The Kier molecular flexibility index (Phi) is 5.40. The lowest BCUT2D eigenvalue weighted by atomic mass is 10.2. The number of benzene rings is 2. The zero-order valence-electron chi connectivity index (χ0n) is 14.7. The van der Waals surface area contributed by atoms with Crippen LogP contribution in [0.2, 0.25) is 0 Å². The average Bonchev–Trinajstić information content (AvgIpc) is 3.02. The van der Waals surface area contributed by atoms with Gasteiger partial charge in [-0.25, -0.2) is 4.68 Å². The Hall–Kier alpha value is -2.73. The van der Waals surface area contributed by atoms with E-state index in [0.717, 1.165) is 23.1 Å². The summed E-state index contributed by atoms with van der Waals surface area (Å²) >= 11 is 0. The fraction of sp³-hybridized carbons (Fsp3) is 0.316. The number of fused-ring (bicyclic) bond motifs is 1. The lowest BCUT2D eigenvalue weighted by Crippen LogP contribution is -2.38. The predicted octanol–water partition coefficient (Wildman–Crippen LogP) is 2.02. The van der Waals surface area contributed by atoms with Crippen LogP contribution in [0.5, 0.6) is 0 Å². The van der Waals surface area contributed by atoms with Crippen LogP contribution >= 0.6 is 0 Å². The van der Waals surface area contributed by atoms with Gasteiger partial charge in [-0.15, -0.1) is 5.10 Å². The number of likely N-dealkylation sites (N-methyl/N-ethyl adjacent to an activating group) is 1. The predicted molar refractivity (Wildman–Crippen MR) is 97.9 cm³/mol. The summed E-state index contributed by atoms with van der Waals surface area (Å²) in [6, 6.07) is 17.7. The molecule has 0 saturated heterocycles. The minimum Gasteiger partial charge on any atom is -0.335 e. The zero-order valence-corrected chi connectivity index (χ0v) is 14.7. The average molecular weight is 337 g/mol. The molecule has 0 N–H and O–H groups in total. The fourth-order valence-corrected chi connectivity index (χ4v) is 2.68. The van der Waals surface area contributed by atoms with Crippen molar-refractivity contribution in [2.45, 2.75) is 13.1 Å². The third-order valence-corrected chi connectivity index (χ3v) is 4.09. The third-order valence-electron chi connectivity index (χ3n) is 4.09.